The first-order valence-corrected chi connectivity index (χ1v) is 5.89. The molecule has 0 aliphatic rings. The van der Waals surface area contributed by atoms with E-state index in [2.05, 4.69) is 4.98 Å². The summed E-state index contributed by atoms with van der Waals surface area (Å²) in [6.45, 7) is 1.25. The molecule has 0 spiro atoms. The summed E-state index contributed by atoms with van der Waals surface area (Å²) in [5.41, 5.74) is -4.22. The minimum absolute atomic E-state index is 0.118. The summed E-state index contributed by atoms with van der Waals surface area (Å²) < 4.78 is 51.9. The number of aromatic amines is 1. The number of rotatable bonds is 1. The van der Waals surface area contributed by atoms with Gasteiger partial charge in [-0.05, 0) is 25.1 Å². The molecular weight excluding hydrogens is 316 g/mol. The second-order valence-corrected chi connectivity index (χ2v) is 4.55. The summed E-state index contributed by atoms with van der Waals surface area (Å²) in [5.74, 6) is -1.14. The first kappa shape index (κ1) is 15.3. The molecule has 0 unspecified atom stereocenters. The lowest BCUT2D eigenvalue weighted by Gasteiger charge is -2.11. The second-order valence-electron chi connectivity index (χ2n) is 4.17. The maximum absolute atomic E-state index is 13.7. The van der Waals surface area contributed by atoms with Gasteiger partial charge >= 0.3 is 11.9 Å². The Balaban J connectivity index is 2.83. The van der Waals surface area contributed by atoms with Crippen LogP contribution in [-0.4, -0.2) is 9.55 Å². The summed E-state index contributed by atoms with van der Waals surface area (Å²) in [6.07, 6.45) is -4.74. The maximum atomic E-state index is 13.7. The molecule has 1 N–H and O–H groups in total. The van der Waals surface area contributed by atoms with Crippen LogP contribution in [0.1, 0.15) is 11.1 Å². The fourth-order valence-electron chi connectivity index (χ4n) is 1.68. The normalized spacial score (nSPS) is 11.7. The van der Waals surface area contributed by atoms with E-state index in [4.69, 9.17) is 11.6 Å². The molecule has 0 bridgehead atoms. The van der Waals surface area contributed by atoms with Gasteiger partial charge in [0.25, 0.3) is 5.56 Å². The number of halogens is 5. The van der Waals surface area contributed by atoms with Crippen molar-refractivity contribution in [2.75, 3.05) is 0 Å². The molecule has 0 atom stereocenters. The minimum Gasteiger partial charge on any atom is -0.297 e. The maximum Gasteiger partial charge on any atom is 0.416 e. The summed E-state index contributed by atoms with van der Waals surface area (Å²) in [5, 5.41) is -0.256. The Labute approximate surface area is 119 Å². The average Bonchev–Trinajstić information content (AvgIpc) is 2.37. The van der Waals surface area contributed by atoms with Crippen LogP contribution in [0.3, 0.4) is 0 Å². The third-order valence-electron chi connectivity index (χ3n) is 2.79. The zero-order valence-electron chi connectivity index (χ0n) is 10.4. The fourth-order valence-corrected chi connectivity index (χ4v) is 1.84. The van der Waals surface area contributed by atoms with Crippen molar-refractivity contribution in [3.8, 4) is 5.69 Å². The Morgan fingerprint density at radius 3 is 2.43 bits per heavy atom. The predicted molar refractivity (Wildman–Crippen MR) is 67.4 cm³/mol. The van der Waals surface area contributed by atoms with Gasteiger partial charge in [0, 0.05) is 0 Å². The quantitative estimate of drug-likeness (QED) is 0.648. The van der Waals surface area contributed by atoms with Gasteiger partial charge in [-0.3, -0.25) is 9.78 Å². The molecule has 21 heavy (non-hydrogen) atoms. The van der Waals surface area contributed by atoms with Crippen molar-refractivity contribution in [3.05, 3.63) is 61.1 Å². The van der Waals surface area contributed by atoms with E-state index in [-0.39, 0.29) is 15.3 Å². The summed E-state index contributed by atoms with van der Waals surface area (Å²) >= 11 is 5.58. The molecule has 0 radical (unpaired) electrons. The van der Waals surface area contributed by atoms with Crippen LogP contribution < -0.4 is 11.2 Å². The lowest BCUT2D eigenvalue weighted by atomic mass is 10.2. The zero-order chi connectivity index (χ0) is 15.9. The average molecular weight is 323 g/mol. The molecule has 2 aromatic rings. The molecule has 9 heteroatoms. The van der Waals surface area contributed by atoms with Gasteiger partial charge in [0.15, 0.2) is 0 Å². The minimum atomic E-state index is -4.74. The number of hydrogen-bond acceptors (Lipinski definition) is 2. The third-order valence-corrected chi connectivity index (χ3v) is 3.17. The first-order valence-electron chi connectivity index (χ1n) is 5.51. The highest BCUT2D eigenvalue weighted by Gasteiger charge is 2.31. The van der Waals surface area contributed by atoms with Crippen molar-refractivity contribution in [2.45, 2.75) is 13.1 Å². The van der Waals surface area contributed by atoms with E-state index in [0.29, 0.717) is 18.2 Å². The molecule has 0 amide bonds. The predicted octanol–water partition coefficient (Wildman–Crippen LogP) is 2.65. The molecule has 0 fully saturated rings. The lowest BCUT2D eigenvalue weighted by molar-refractivity contribution is -0.137. The smallest absolute Gasteiger partial charge is 0.297 e. The van der Waals surface area contributed by atoms with Gasteiger partial charge in [-0.2, -0.15) is 13.2 Å². The molecule has 0 aliphatic carbocycles. The van der Waals surface area contributed by atoms with E-state index < -0.39 is 34.5 Å². The lowest BCUT2D eigenvalue weighted by Crippen LogP contribution is -2.36. The largest absolute Gasteiger partial charge is 0.416 e. The van der Waals surface area contributed by atoms with E-state index >= 15 is 0 Å². The summed E-state index contributed by atoms with van der Waals surface area (Å²) in [7, 11) is 0. The SMILES string of the molecule is Cc1c(Cl)[nH]c(=O)n(-c2cc(C(F)(F)F)ccc2F)c1=O. The van der Waals surface area contributed by atoms with Crippen LogP contribution in [0, 0.1) is 12.7 Å². The van der Waals surface area contributed by atoms with Gasteiger partial charge in [-0.25, -0.2) is 13.8 Å². The van der Waals surface area contributed by atoms with Gasteiger partial charge < -0.3 is 0 Å². The highest BCUT2D eigenvalue weighted by atomic mass is 35.5. The van der Waals surface area contributed by atoms with Crippen LogP contribution in [0.4, 0.5) is 17.6 Å². The second kappa shape index (κ2) is 5.03. The van der Waals surface area contributed by atoms with Crippen molar-refractivity contribution >= 4 is 11.6 Å². The van der Waals surface area contributed by atoms with Gasteiger partial charge in [-0.1, -0.05) is 11.6 Å². The molecule has 1 aromatic carbocycles. The fraction of sp³-hybridized carbons (Fsp3) is 0.167. The number of nitrogens with zero attached hydrogens (tertiary/aromatic N) is 1. The van der Waals surface area contributed by atoms with Crippen molar-refractivity contribution in [3.63, 3.8) is 0 Å². The number of benzene rings is 1. The van der Waals surface area contributed by atoms with Gasteiger partial charge in [-0.15, -0.1) is 0 Å². The Bertz CT molecular complexity index is 823. The molecular formula is C12H7ClF4N2O2. The number of nitrogens with one attached hydrogen (secondary N) is 1. The molecule has 112 valence electrons. The van der Waals surface area contributed by atoms with Crippen molar-refractivity contribution in [1.29, 1.82) is 0 Å². The van der Waals surface area contributed by atoms with Crippen LogP contribution in [-0.2, 0) is 6.18 Å². The van der Waals surface area contributed by atoms with Crippen LogP contribution in [0.15, 0.2) is 27.8 Å². The van der Waals surface area contributed by atoms with Crippen LogP contribution >= 0.6 is 11.6 Å². The molecule has 1 aromatic heterocycles. The summed E-state index contributed by atoms with van der Waals surface area (Å²) in [6, 6.07) is 1.44. The van der Waals surface area contributed by atoms with Crippen molar-refractivity contribution < 1.29 is 17.6 Å². The topological polar surface area (TPSA) is 54.9 Å². The van der Waals surface area contributed by atoms with Crippen LogP contribution in [0.25, 0.3) is 5.69 Å². The first-order chi connectivity index (χ1) is 9.62. The number of alkyl halides is 3. The van der Waals surface area contributed by atoms with E-state index in [1.807, 2.05) is 0 Å². The van der Waals surface area contributed by atoms with Crippen LogP contribution in [0.5, 0.6) is 0 Å². The highest BCUT2D eigenvalue weighted by Crippen LogP contribution is 2.30. The molecule has 1 heterocycles. The highest BCUT2D eigenvalue weighted by molar-refractivity contribution is 6.30. The summed E-state index contributed by atoms with van der Waals surface area (Å²) in [4.78, 5) is 25.7. The number of aromatic nitrogens is 2. The third kappa shape index (κ3) is 2.71. The standard InChI is InChI=1S/C12H7ClF4N2O2/c1-5-9(13)18-11(21)19(10(5)20)8-4-6(12(15,16)17)2-3-7(8)14/h2-4H,1H3,(H,18,21). The van der Waals surface area contributed by atoms with Gasteiger partial charge in [0.2, 0.25) is 0 Å². The van der Waals surface area contributed by atoms with Gasteiger partial charge in [0.1, 0.15) is 11.0 Å². The number of H-pyrrole nitrogens is 1. The Morgan fingerprint density at radius 1 is 1.24 bits per heavy atom. The van der Waals surface area contributed by atoms with E-state index in [1.54, 1.807) is 0 Å². The van der Waals surface area contributed by atoms with Crippen molar-refractivity contribution in [1.82, 2.24) is 9.55 Å². The zero-order valence-corrected chi connectivity index (χ0v) is 11.1. The number of hydrogen-bond donors (Lipinski definition) is 1. The van der Waals surface area contributed by atoms with E-state index in [0.717, 1.165) is 0 Å². The molecule has 2 rings (SSSR count). The van der Waals surface area contributed by atoms with Crippen molar-refractivity contribution in [2.24, 2.45) is 0 Å². The Hall–Kier alpha value is -2.09. The molecule has 4 nitrogen and oxygen atoms in total. The molecule has 0 saturated carbocycles. The van der Waals surface area contributed by atoms with Gasteiger partial charge in [0.05, 0.1) is 16.8 Å². The Kier molecular flexibility index (Phi) is 3.66. The molecule has 0 saturated heterocycles. The Morgan fingerprint density at radius 2 is 1.86 bits per heavy atom. The van der Waals surface area contributed by atoms with E-state index in [1.165, 1.54) is 6.92 Å². The van der Waals surface area contributed by atoms with E-state index in [9.17, 15) is 27.2 Å². The van der Waals surface area contributed by atoms with Crippen LogP contribution in [0.2, 0.25) is 5.15 Å². The monoisotopic (exact) mass is 322 g/mol. The molecule has 0 aliphatic heterocycles.